The Labute approximate surface area is 172 Å². The Morgan fingerprint density at radius 1 is 0.714 bits per heavy atom. The summed E-state index contributed by atoms with van der Waals surface area (Å²) in [7, 11) is 0. The maximum atomic E-state index is 6.03. The molecular formula is C25H38N2O. The number of hydrogen-bond acceptors (Lipinski definition) is 3. The lowest BCUT2D eigenvalue weighted by Gasteiger charge is -2.11. The van der Waals surface area contributed by atoms with E-state index in [0.29, 0.717) is 0 Å². The SMILES string of the molecule is CCCCCCCCc1cnc(-c2ccccc2OCCCCCCC)nc1. The molecule has 0 spiro atoms. The maximum absolute atomic E-state index is 6.03. The summed E-state index contributed by atoms with van der Waals surface area (Å²) in [6.07, 6.45) is 19.2. The zero-order valence-electron chi connectivity index (χ0n) is 18.0. The first kappa shape index (κ1) is 22.4. The minimum atomic E-state index is 0.758. The lowest BCUT2D eigenvalue weighted by Crippen LogP contribution is -2.00. The fourth-order valence-electron chi connectivity index (χ4n) is 3.40. The highest BCUT2D eigenvalue weighted by Crippen LogP contribution is 2.27. The van der Waals surface area contributed by atoms with Gasteiger partial charge in [0, 0.05) is 12.4 Å². The lowest BCUT2D eigenvalue weighted by molar-refractivity contribution is 0.305. The van der Waals surface area contributed by atoms with Crippen molar-refractivity contribution in [3.05, 3.63) is 42.2 Å². The fourth-order valence-corrected chi connectivity index (χ4v) is 3.40. The summed E-state index contributed by atoms with van der Waals surface area (Å²) in [5.41, 5.74) is 2.22. The van der Waals surface area contributed by atoms with E-state index >= 15 is 0 Å². The highest BCUT2D eigenvalue weighted by atomic mass is 16.5. The van der Waals surface area contributed by atoms with Crippen LogP contribution in [0.4, 0.5) is 0 Å². The van der Waals surface area contributed by atoms with Crippen LogP contribution in [0.3, 0.4) is 0 Å². The van der Waals surface area contributed by atoms with E-state index in [1.165, 1.54) is 69.8 Å². The zero-order chi connectivity index (χ0) is 19.9. The third kappa shape index (κ3) is 8.41. The Hall–Kier alpha value is -1.90. The molecule has 0 N–H and O–H groups in total. The molecular weight excluding hydrogens is 344 g/mol. The van der Waals surface area contributed by atoms with Crippen molar-refractivity contribution in [1.29, 1.82) is 0 Å². The Balaban J connectivity index is 1.82. The van der Waals surface area contributed by atoms with E-state index < -0.39 is 0 Å². The molecule has 1 aromatic heterocycles. The molecule has 1 heterocycles. The molecule has 2 rings (SSSR count). The third-order valence-corrected chi connectivity index (χ3v) is 5.16. The van der Waals surface area contributed by atoms with E-state index in [2.05, 4.69) is 29.9 Å². The van der Waals surface area contributed by atoms with Gasteiger partial charge in [-0.15, -0.1) is 0 Å². The van der Waals surface area contributed by atoms with Crippen LogP contribution in [0.5, 0.6) is 5.75 Å². The molecule has 3 nitrogen and oxygen atoms in total. The highest BCUT2D eigenvalue weighted by Gasteiger charge is 2.08. The molecule has 2 aromatic rings. The Morgan fingerprint density at radius 2 is 1.32 bits per heavy atom. The van der Waals surface area contributed by atoms with Crippen molar-refractivity contribution in [2.24, 2.45) is 0 Å². The van der Waals surface area contributed by atoms with Crippen molar-refractivity contribution >= 4 is 0 Å². The molecule has 0 bridgehead atoms. The largest absolute Gasteiger partial charge is 0.493 e. The Kier molecular flexibility index (Phi) is 11.3. The van der Waals surface area contributed by atoms with E-state index in [-0.39, 0.29) is 0 Å². The normalized spacial score (nSPS) is 10.9. The smallest absolute Gasteiger partial charge is 0.162 e. The molecule has 1 aromatic carbocycles. The van der Waals surface area contributed by atoms with Gasteiger partial charge in [0.15, 0.2) is 5.82 Å². The number of aryl methyl sites for hydroxylation is 1. The average molecular weight is 383 g/mol. The van der Waals surface area contributed by atoms with Gasteiger partial charge in [-0.3, -0.25) is 0 Å². The molecule has 0 aliphatic rings. The van der Waals surface area contributed by atoms with Crippen LogP contribution in [0.25, 0.3) is 11.4 Å². The average Bonchev–Trinajstić information content (AvgIpc) is 2.74. The number of rotatable bonds is 15. The van der Waals surface area contributed by atoms with Crippen LogP contribution >= 0.6 is 0 Å². The van der Waals surface area contributed by atoms with Crippen molar-refractivity contribution in [2.45, 2.75) is 90.9 Å². The lowest BCUT2D eigenvalue weighted by atomic mass is 10.1. The second-order valence-corrected chi connectivity index (χ2v) is 7.69. The van der Waals surface area contributed by atoms with E-state index in [9.17, 15) is 0 Å². The Morgan fingerprint density at radius 3 is 2.04 bits per heavy atom. The van der Waals surface area contributed by atoms with Gasteiger partial charge in [0.1, 0.15) is 5.75 Å². The van der Waals surface area contributed by atoms with Gasteiger partial charge >= 0.3 is 0 Å². The van der Waals surface area contributed by atoms with Crippen LogP contribution in [0.1, 0.15) is 90.0 Å². The summed E-state index contributed by atoms with van der Waals surface area (Å²) >= 11 is 0. The molecule has 0 unspecified atom stereocenters. The molecule has 0 aliphatic carbocycles. The van der Waals surface area contributed by atoms with Gasteiger partial charge in [0.05, 0.1) is 12.2 Å². The Bertz CT molecular complexity index is 639. The summed E-state index contributed by atoms with van der Waals surface area (Å²) in [5.74, 6) is 1.65. The molecule has 0 saturated carbocycles. The summed E-state index contributed by atoms with van der Waals surface area (Å²) in [6, 6.07) is 8.12. The van der Waals surface area contributed by atoms with Gasteiger partial charge in [-0.2, -0.15) is 0 Å². The van der Waals surface area contributed by atoms with Crippen molar-refractivity contribution < 1.29 is 4.74 Å². The minimum absolute atomic E-state index is 0.758. The molecule has 3 heteroatoms. The summed E-state index contributed by atoms with van der Waals surface area (Å²) < 4.78 is 6.03. The van der Waals surface area contributed by atoms with E-state index in [1.807, 2.05) is 30.6 Å². The van der Waals surface area contributed by atoms with E-state index in [1.54, 1.807) is 0 Å². The zero-order valence-corrected chi connectivity index (χ0v) is 18.0. The predicted molar refractivity (Wildman–Crippen MR) is 119 cm³/mol. The van der Waals surface area contributed by atoms with Crippen molar-refractivity contribution in [3.8, 4) is 17.1 Å². The van der Waals surface area contributed by atoms with Crippen LogP contribution in [-0.4, -0.2) is 16.6 Å². The minimum Gasteiger partial charge on any atom is -0.493 e. The van der Waals surface area contributed by atoms with Gasteiger partial charge in [-0.25, -0.2) is 9.97 Å². The van der Waals surface area contributed by atoms with E-state index in [4.69, 9.17) is 4.74 Å². The number of unbranched alkanes of at least 4 members (excludes halogenated alkanes) is 9. The molecule has 28 heavy (non-hydrogen) atoms. The highest BCUT2D eigenvalue weighted by molar-refractivity contribution is 5.63. The number of aromatic nitrogens is 2. The first-order valence-corrected chi connectivity index (χ1v) is 11.4. The number of benzene rings is 1. The number of ether oxygens (including phenoxy) is 1. The summed E-state index contributed by atoms with van der Waals surface area (Å²) in [4.78, 5) is 9.23. The number of para-hydroxylation sites is 1. The topological polar surface area (TPSA) is 35.0 Å². The molecule has 0 saturated heterocycles. The molecule has 0 amide bonds. The van der Waals surface area contributed by atoms with Crippen LogP contribution < -0.4 is 4.74 Å². The fraction of sp³-hybridized carbons (Fsp3) is 0.600. The first-order chi connectivity index (χ1) is 13.8. The monoisotopic (exact) mass is 382 g/mol. The predicted octanol–water partition coefficient (Wildman–Crippen LogP) is 7.40. The molecule has 0 fully saturated rings. The molecule has 0 aliphatic heterocycles. The van der Waals surface area contributed by atoms with Crippen LogP contribution in [-0.2, 0) is 6.42 Å². The standard InChI is InChI=1S/C25H38N2O/c1-3-5-7-9-10-12-16-22-20-26-25(27-21-22)23-17-13-14-18-24(23)28-19-15-11-8-6-4-2/h13-14,17-18,20-21H,3-12,15-16,19H2,1-2H3. The van der Waals surface area contributed by atoms with Crippen LogP contribution in [0, 0.1) is 0 Å². The number of hydrogen-bond donors (Lipinski definition) is 0. The van der Waals surface area contributed by atoms with Gasteiger partial charge in [0.25, 0.3) is 0 Å². The molecule has 0 radical (unpaired) electrons. The molecule has 0 atom stereocenters. The second-order valence-electron chi connectivity index (χ2n) is 7.69. The summed E-state index contributed by atoms with van der Waals surface area (Å²) in [6.45, 7) is 5.26. The maximum Gasteiger partial charge on any atom is 0.162 e. The van der Waals surface area contributed by atoms with E-state index in [0.717, 1.165) is 36.6 Å². The number of nitrogens with zero attached hydrogens (tertiary/aromatic N) is 2. The van der Waals surface area contributed by atoms with Crippen molar-refractivity contribution in [3.63, 3.8) is 0 Å². The van der Waals surface area contributed by atoms with Crippen molar-refractivity contribution in [2.75, 3.05) is 6.61 Å². The molecule has 154 valence electrons. The summed E-state index contributed by atoms with van der Waals surface area (Å²) in [5, 5.41) is 0. The first-order valence-electron chi connectivity index (χ1n) is 11.4. The second kappa shape index (κ2) is 14.1. The quantitative estimate of drug-likeness (QED) is 0.301. The third-order valence-electron chi connectivity index (χ3n) is 5.16. The van der Waals surface area contributed by atoms with Gasteiger partial charge in [0.2, 0.25) is 0 Å². The van der Waals surface area contributed by atoms with Crippen LogP contribution in [0.15, 0.2) is 36.7 Å². The van der Waals surface area contributed by atoms with Gasteiger partial charge in [-0.1, -0.05) is 83.8 Å². The van der Waals surface area contributed by atoms with Crippen LogP contribution in [0.2, 0.25) is 0 Å². The van der Waals surface area contributed by atoms with Crippen molar-refractivity contribution in [1.82, 2.24) is 9.97 Å². The van der Waals surface area contributed by atoms with Gasteiger partial charge in [-0.05, 0) is 37.0 Å². The van der Waals surface area contributed by atoms with Gasteiger partial charge < -0.3 is 4.74 Å².